The first-order chi connectivity index (χ1) is 8.41. The molecule has 0 spiro atoms. The van der Waals surface area contributed by atoms with E-state index >= 15 is 0 Å². The fourth-order valence-corrected chi connectivity index (χ4v) is 1.32. The maximum absolute atomic E-state index is 13.6. The van der Waals surface area contributed by atoms with Gasteiger partial charge in [0.05, 0.1) is 0 Å². The molecule has 2 unspecified atom stereocenters. The van der Waals surface area contributed by atoms with Gasteiger partial charge in [-0.1, -0.05) is 0 Å². The standard InChI is InChI=1S/C8H6F10O2/c1-3(9,10)6(14)5(12,13)4(2,11)19-7(15,16)8(17,18)20-6/h1-2H3. The summed E-state index contributed by atoms with van der Waals surface area (Å²) in [5, 5.41) is 0. The Balaban J connectivity index is 3.61. The number of hydrogen-bond acceptors (Lipinski definition) is 2. The Bertz CT molecular complexity index is 401. The normalized spacial score (nSPS) is 40.2. The second kappa shape index (κ2) is 3.90. The zero-order valence-electron chi connectivity index (χ0n) is 9.60. The molecule has 1 heterocycles. The lowest BCUT2D eigenvalue weighted by atomic mass is 9.98. The Morgan fingerprint density at radius 3 is 1.45 bits per heavy atom. The predicted octanol–water partition coefficient (Wildman–Crippen LogP) is 3.86. The molecule has 2 atom stereocenters. The van der Waals surface area contributed by atoms with Gasteiger partial charge in [-0.05, 0) is 0 Å². The summed E-state index contributed by atoms with van der Waals surface area (Å²) in [5.41, 5.74) is 0. The zero-order chi connectivity index (χ0) is 16.4. The summed E-state index contributed by atoms with van der Waals surface area (Å²) in [6.07, 6.45) is -12.4. The SMILES string of the molecule is CC(F)(F)C1(F)OC(F)(F)C(F)(F)OC(C)(F)C1(F)F. The van der Waals surface area contributed by atoms with Crippen molar-refractivity contribution in [1.29, 1.82) is 0 Å². The Morgan fingerprint density at radius 2 is 1.10 bits per heavy atom. The predicted molar refractivity (Wildman–Crippen MR) is 41.0 cm³/mol. The van der Waals surface area contributed by atoms with Crippen LogP contribution in [0.5, 0.6) is 0 Å². The molecule has 0 radical (unpaired) electrons. The molecule has 12 heteroatoms. The molecule has 1 fully saturated rings. The largest absolute Gasteiger partial charge is 0.451 e. The third-order valence-corrected chi connectivity index (χ3v) is 2.46. The van der Waals surface area contributed by atoms with E-state index in [1.54, 1.807) is 0 Å². The van der Waals surface area contributed by atoms with Gasteiger partial charge in [0.15, 0.2) is 0 Å². The fourth-order valence-electron chi connectivity index (χ4n) is 1.32. The monoisotopic (exact) mass is 324 g/mol. The van der Waals surface area contributed by atoms with E-state index in [1.807, 2.05) is 0 Å². The summed E-state index contributed by atoms with van der Waals surface area (Å²) >= 11 is 0. The van der Waals surface area contributed by atoms with E-state index in [4.69, 9.17) is 0 Å². The van der Waals surface area contributed by atoms with E-state index in [9.17, 15) is 43.9 Å². The Labute approximate surface area is 104 Å². The van der Waals surface area contributed by atoms with Gasteiger partial charge in [-0.3, -0.25) is 9.47 Å². The molecule has 1 rings (SSSR count). The zero-order valence-corrected chi connectivity index (χ0v) is 9.60. The van der Waals surface area contributed by atoms with Gasteiger partial charge in [0, 0.05) is 13.8 Å². The van der Waals surface area contributed by atoms with Crippen molar-refractivity contribution in [3.05, 3.63) is 0 Å². The maximum Gasteiger partial charge on any atom is 0.451 e. The van der Waals surface area contributed by atoms with Crippen LogP contribution in [0.15, 0.2) is 0 Å². The number of hydrogen-bond donors (Lipinski definition) is 0. The lowest BCUT2D eigenvalue weighted by molar-refractivity contribution is -0.473. The Hall–Kier alpha value is -0.780. The Kier molecular flexibility index (Phi) is 3.37. The van der Waals surface area contributed by atoms with Crippen LogP contribution in [0.2, 0.25) is 0 Å². The molecule has 0 aromatic heterocycles. The van der Waals surface area contributed by atoms with E-state index < -0.39 is 49.6 Å². The van der Waals surface area contributed by atoms with Crippen LogP contribution < -0.4 is 0 Å². The average Bonchev–Trinajstić information content (AvgIpc) is 2.13. The van der Waals surface area contributed by atoms with Crippen LogP contribution in [0.3, 0.4) is 0 Å². The fraction of sp³-hybridized carbons (Fsp3) is 1.00. The van der Waals surface area contributed by atoms with Gasteiger partial charge in [0.1, 0.15) is 0 Å². The average molecular weight is 324 g/mol. The number of halogens is 10. The molecule has 120 valence electrons. The lowest BCUT2D eigenvalue weighted by Gasteiger charge is -2.39. The lowest BCUT2D eigenvalue weighted by Crippen LogP contribution is -2.65. The molecule has 1 saturated heterocycles. The van der Waals surface area contributed by atoms with Crippen molar-refractivity contribution < 1.29 is 53.4 Å². The Morgan fingerprint density at radius 1 is 0.750 bits per heavy atom. The summed E-state index contributed by atoms with van der Waals surface area (Å²) < 4.78 is 135. The summed E-state index contributed by atoms with van der Waals surface area (Å²) in [4.78, 5) is 0. The molecule has 0 amide bonds. The highest BCUT2D eigenvalue weighted by Crippen LogP contribution is 2.59. The first-order valence-corrected chi connectivity index (χ1v) is 4.71. The number of ether oxygens (including phenoxy) is 2. The molecule has 2 nitrogen and oxygen atoms in total. The molecule has 0 N–H and O–H groups in total. The van der Waals surface area contributed by atoms with E-state index in [0.29, 0.717) is 0 Å². The van der Waals surface area contributed by atoms with Gasteiger partial charge < -0.3 is 0 Å². The van der Waals surface area contributed by atoms with Gasteiger partial charge in [-0.25, -0.2) is 13.2 Å². The van der Waals surface area contributed by atoms with Gasteiger partial charge in [-0.2, -0.15) is 30.7 Å². The van der Waals surface area contributed by atoms with Crippen molar-refractivity contribution in [2.45, 2.75) is 49.6 Å². The minimum atomic E-state index is -6.27. The molecule has 20 heavy (non-hydrogen) atoms. The van der Waals surface area contributed by atoms with E-state index in [1.165, 1.54) is 0 Å². The molecule has 0 bridgehead atoms. The second-order valence-corrected chi connectivity index (χ2v) is 4.21. The van der Waals surface area contributed by atoms with Gasteiger partial charge in [0.2, 0.25) is 0 Å². The van der Waals surface area contributed by atoms with Crippen LogP contribution in [0, 0.1) is 0 Å². The number of rotatable bonds is 1. The van der Waals surface area contributed by atoms with Crippen LogP contribution in [0.1, 0.15) is 13.8 Å². The molecular formula is C8H6F10O2. The highest BCUT2D eigenvalue weighted by molar-refractivity contribution is 5.05. The van der Waals surface area contributed by atoms with Gasteiger partial charge >= 0.3 is 29.9 Å². The van der Waals surface area contributed by atoms with Crippen molar-refractivity contribution in [3.63, 3.8) is 0 Å². The third-order valence-electron chi connectivity index (χ3n) is 2.46. The summed E-state index contributed by atoms with van der Waals surface area (Å²) in [5.74, 6) is -22.9. The molecule has 0 aromatic carbocycles. The van der Waals surface area contributed by atoms with Crippen molar-refractivity contribution in [1.82, 2.24) is 0 Å². The molecular weight excluding hydrogens is 318 g/mol. The molecule has 0 aliphatic carbocycles. The van der Waals surface area contributed by atoms with Crippen molar-refractivity contribution in [2.75, 3.05) is 0 Å². The van der Waals surface area contributed by atoms with Crippen molar-refractivity contribution in [3.8, 4) is 0 Å². The van der Waals surface area contributed by atoms with E-state index in [0.717, 1.165) is 0 Å². The smallest absolute Gasteiger partial charge is 0.270 e. The van der Waals surface area contributed by atoms with Crippen LogP contribution in [-0.4, -0.2) is 35.8 Å². The molecule has 1 aliphatic heterocycles. The third kappa shape index (κ3) is 2.03. The topological polar surface area (TPSA) is 18.5 Å². The highest BCUT2D eigenvalue weighted by Gasteiger charge is 2.86. The van der Waals surface area contributed by atoms with Crippen LogP contribution in [0.4, 0.5) is 43.9 Å². The van der Waals surface area contributed by atoms with Crippen LogP contribution >= 0.6 is 0 Å². The molecule has 1 aliphatic rings. The van der Waals surface area contributed by atoms with E-state index in [2.05, 4.69) is 9.47 Å². The minimum absolute atomic E-state index is 0.605. The number of alkyl halides is 10. The van der Waals surface area contributed by atoms with Crippen LogP contribution in [-0.2, 0) is 9.47 Å². The highest BCUT2D eigenvalue weighted by atomic mass is 19.3. The first kappa shape index (κ1) is 17.3. The van der Waals surface area contributed by atoms with Crippen LogP contribution in [0.25, 0.3) is 0 Å². The maximum atomic E-state index is 13.6. The van der Waals surface area contributed by atoms with Crippen molar-refractivity contribution in [2.24, 2.45) is 0 Å². The molecule has 0 aromatic rings. The summed E-state index contributed by atoms with van der Waals surface area (Å²) in [6.45, 7) is -1.28. The first-order valence-electron chi connectivity index (χ1n) is 4.71. The van der Waals surface area contributed by atoms with E-state index in [-0.39, 0.29) is 0 Å². The summed E-state index contributed by atoms with van der Waals surface area (Å²) in [7, 11) is 0. The molecule has 0 saturated carbocycles. The van der Waals surface area contributed by atoms with Crippen molar-refractivity contribution >= 4 is 0 Å². The second-order valence-electron chi connectivity index (χ2n) is 4.21. The van der Waals surface area contributed by atoms with Gasteiger partial charge in [0.25, 0.3) is 5.85 Å². The quantitative estimate of drug-likeness (QED) is 0.682. The van der Waals surface area contributed by atoms with Gasteiger partial charge in [-0.15, -0.1) is 0 Å². The minimum Gasteiger partial charge on any atom is -0.270 e. The summed E-state index contributed by atoms with van der Waals surface area (Å²) in [6, 6.07) is 0.